The van der Waals surface area contributed by atoms with Crippen LogP contribution in [0.15, 0.2) is 29.3 Å². The number of aliphatic hydroxyl groups excluding tert-OH is 1. The minimum absolute atomic E-state index is 0.106. The molecule has 2 rings (SSSR count). The number of carboxylic acid groups (broad SMARTS) is 1. The van der Waals surface area contributed by atoms with E-state index in [0.717, 1.165) is 25.3 Å². The summed E-state index contributed by atoms with van der Waals surface area (Å²) in [5.74, 6) is -1.83. The summed E-state index contributed by atoms with van der Waals surface area (Å²) in [4.78, 5) is 10.8. The molecule has 126 valence electrons. The molecule has 23 heavy (non-hydrogen) atoms. The molecule has 3 nitrogen and oxygen atoms in total. The van der Waals surface area contributed by atoms with E-state index in [2.05, 4.69) is 20.8 Å². The number of hydrogen-bond acceptors (Lipinski definition) is 2. The summed E-state index contributed by atoms with van der Waals surface area (Å²) in [6, 6.07) is 3.67. The maximum atomic E-state index is 14.0. The van der Waals surface area contributed by atoms with Crippen LogP contribution in [0.4, 0.5) is 4.39 Å². The molecule has 1 aliphatic carbocycles. The van der Waals surface area contributed by atoms with Crippen LogP contribution in [-0.2, 0) is 0 Å². The van der Waals surface area contributed by atoms with E-state index < -0.39 is 17.9 Å². The third-order valence-electron chi connectivity index (χ3n) is 4.96. The summed E-state index contributed by atoms with van der Waals surface area (Å²) in [5, 5.41) is 19.2. The van der Waals surface area contributed by atoms with Gasteiger partial charge >= 0.3 is 5.97 Å². The van der Waals surface area contributed by atoms with Gasteiger partial charge in [0.1, 0.15) is 5.82 Å². The maximum absolute atomic E-state index is 14.0. The number of aromatic carboxylic acids is 1. The molecule has 2 N–H and O–H groups in total. The average Bonchev–Trinajstić information content (AvgIpc) is 2.45. The number of benzene rings is 1. The van der Waals surface area contributed by atoms with E-state index in [9.17, 15) is 14.3 Å². The zero-order valence-corrected chi connectivity index (χ0v) is 14.0. The van der Waals surface area contributed by atoms with Crippen molar-refractivity contribution in [1.29, 1.82) is 0 Å². The number of carbonyl (C=O) groups is 1. The summed E-state index contributed by atoms with van der Waals surface area (Å²) in [6.07, 6.45) is 3.68. The van der Waals surface area contributed by atoms with Gasteiger partial charge in [-0.25, -0.2) is 9.18 Å². The number of rotatable bonds is 5. The van der Waals surface area contributed by atoms with Gasteiger partial charge in [-0.1, -0.05) is 31.1 Å². The molecule has 0 spiro atoms. The molecule has 4 heteroatoms. The van der Waals surface area contributed by atoms with Crippen molar-refractivity contribution in [2.45, 2.75) is 59.0 Å². The Bertz CT molecular complexity index is 632. The van der Waals surface area contributed by atoms with E-state index in [1.165, 1.54) is 29.7 Å². The van der Waals surface area contributed by atoms with Crippen LogP contribution in [0.5, 0.6) is 0 Å². The topological polar surface area (TPSA) is 57.5 Å². The van der Waals surface area contributed by atoms with Gasteiger partial charge in [-0.05, 0) is 56.6 Å². The first-order chi connectivity index (χ1) is 10.7. The lowest BCUT2D eigenvalue weighted by atomic mass is 9.71. The molecule has 1 aromatic carbocycles. The predicted octanol–water partition coefficient (Wildman–Crippen LogP) is 4.86. The smallest absolute Gasteiger partial charge is 0.335 e. The van der Waals surface area contributed by atoms with Gasteiger partial charge in [0.25, 0.3) is 0 Å². The Balaban J connectivity index is 2.11. The van der Waals surface area contributed by atoms with Gasteiger partial charge in [-0.3, -0.25) is 0 Å². The van der Waals surface area contributed by atoms with Crippen molar-refractivity contribution in [2.75, 3.05) is 0 Å². The lowest BCUT2D eigenvalue weighted by Gasteiger charge is -2.35. The number of allylic oxidation sites excluding steroid dienone is 2. The monoisotopic (exact) mass is 320 g/mol. The second-order valence-electron chi connectivity index (χ2n) is 7.09. The molecule has 1 aliphatic rings. The maximum Gasteiger partial charge on any atom is 0.335 e. The van der Waals surface area contributed by atoms with Crippen molar-refractivity contribution in [1.82, 2.24) is 0 Å². The molecule has 0 fully saturated rings. The van der Waals surface area contributed by atoms with Crippen molar-refractivity contribution >= 4 is 5.97 Å². The SMILES string of the molecule is CC1=C(CCC(O)c2ccc(C(=O)O)cc2F)C(C)(C)CCC1. The van der Waals surface area contributed by atoms with Crippen molar-refractivity contribution in [3.05, 3.63) is 46.3 Å². The van der Waals surface area contributed by atoms with E-state index in [0.29, 0.717) is 6.42 Å². The number of halogens is 1. The van der Waals surface area contributed by atoms with Crippen molar-refractivity contribution < 1.29 is 19.4 Å². The van der Waals surface area contributed by atoms with Gasteiger partial charge in [0.05, 0.1) is 11.7 Å². The first-order valence-corrected chi connectivity index (χ1v) is 8.12. The van der Waals surface area contributed by atoms with Gasteiger partial charge in [0.15, 0.2) is 0 Å². The van der Waals surface area contributed by atoms with E-state index >= 15 is 0 Å². The van der Waals surface area contributed by atoms with E-state index in [4.69, 9.17) is 5.11 Å². The lowest BCUT2D eigenvalue weighted by molar-refractivity contribution is 0.0696. The van der Waals surface area contributed by atoms with Crippen LogP contribution >= 0.6 is 0 Å². The van der Waals surface area contributed by atoms with Gasteiger partial charge in [-0.2, -0.15) is 0 Å². The molecule has 0 saturated carbocycles. The Kier molecular flexibility index (Phi) is 5.25. The summed E-state index contributed by atoms with van der Waals surface area (Å²) in [7, 11) is 0. The molecule has 0 amide bonds. The molecule has 0 saturated heterocycles. The average molecular weight is 320 g/mol. The first kappa shape index (κ1) is 17.7. The van der Waals surface area contributed by atoms with Crippen molar-refractivity contribution in [3.63, 3.8) is 0 Å². The minimum Gasteiger partial charge on any atom is -0.478 e. The van der Waals surface area contributed by atoms with E-state index in [1.54, 1.807) is 0 Å². The van der Waals surface area contributed by atoms with E-state index in [-0.39, 0.29) is 16.5 Å². The highest BCUT2D eigenvalue weighted by Crippen LogP contribution is 2.43. The van der Waals surface area contributed by atoms with Crippen molar-refractivity contribution in [2.24, 2.45) is 5.41 Å². The third-order valence-corrected chi connectivity index (χ3v) is 4.96. The minimum atomic E-state index is -1.17. The Morgan fingerprint density at radius 1 is 1.39 bits per heavy atom. The summed E-state index contributed by atoms with van der Waals surface area (Å²) >= 11 is 0. The fraction of sp³-hybridized carbons (Fsp3) is 0.526. The Hall–Kier alpha value is -1.68. The summed E-state index contributed by atoms with van der Waals surface area (Å²) < 4.78 is 14.0. The highest BCUT2D eigenvalue weighted by atomic mass is 19.1. The third kappa shape index (κ3) is 3.99. The Labute approximate surface area is 136 Å². The highest BCUT2D eigenvalue weighted by molar-refractivity contribution is 5.87. The first-order valence-electron chi connectivity index (χ1n) is 8.12. The predicted molar refractivity (Wildman–Crippen MR) is 87.9 cm³/mol. The molecular weight excluding hydrogens is 295 g/mol. The standard InChI is InChI=1S/C19H25FO3/c1-12-5-4-10-19(2,3)15(12)8-9-17(21)14-7-6-13(18(22)23)11-16(14)20/h6-7,11,17,21H,4-5,8-10H2,1-3H3,(H,22,23). The zero-order valence-electron chi connectivity index (χ0n) is 14.0. The van der Waals surface area contributed by atoms with Crippen LogP contribution in [0.2, 0.25) is 0 Å². The fourth-order valence-corrected chi connectivity index (χ4v) is 3.59. The lowest BCUT2D eigenvalue weighted by Crippen LogP contribution is -2.21. The molecule has 0 aliphatic heterocycles. The Morgan fingerprint density at radius 3 is 2.65 bits per heavy atom. The van der Waals surface area contributed by atoms with Gasteiger partial charge < -0.3 is 10.2 Å². The zero-order chi connectivity index (χ0) is 17.2. The normalized spacial score (nSPS) is 18.8. The van der Waals surface area contributed by atoms with Crippen LogP contribution in [0.3, 0.4) is 0 Å². The molecule has 0 heterocycles. The second kappa shape index (κ2) is 6.83. The van der Waals surface area contributed by atoms with Crippen LogP contribution in [0, 0.1) is 11.2 Å². The summed E-state index contributed by atoms with van der Waals surface area (Å²) in [5.41, 5.74) is 2.95. The van der Waals surface area contributed by atoms with Gasteiger partial charge in [0, 0.05) is 5.56 Å². The second-order valence-corrected chi connectivity index (χ2v) is 7.09. The highest BCUT2D eigenvalue weighted by Gasteiger charge is 2.28. The molecule has 1 unspecified atom stereocenters. The van der Waals surface area contributed by atoms with Crippen molar-refractivity contribution in [3.8, 4) is 0 Å². The number of hydrogen-bond donors (Lipinski definition) is 2. The Morgan fingerprint density at radius 2 is 2.09 bits per heavy atom. The molecule has 1 atom stereocenters. The van der Waals surface area contributed by atoms with Gasteiger partial charge in [-0.15, -0.1) is 0 Å². The largest absolute Gasteiger partial charge is 0.478 e. The molecule has 0 radical (unpaired) electrons. The summed E-state index contributed by atoms with van der Waals surface area (Å²) in [6.45, 7) is 6.59. The van der Waals surface area contributed by atoms with Crippen LogP contribution < -0.4 is 0 Å². The molecule has 1 aromatic rings. The van der Waals surface area contributed by atoms with Crippen LogP contribution in [0.1, 0.15) is 74.9 Å². The fourth-order valence-electron chi connectivity index (χ4n) is 3.59. The van der Waals surface area contributed by atoms with Crippen LogP contribution in [-0.4, -0.2) is 16.2 Å². The van der Waals surface area contributed by atoms with Gasteiger partial charge in [0.2, 0.25) is 0 Å². The molecular formula is C19H25FO3. The van der Waals surface area contributed by atoms with Crippen LogP contribution in [0.25, 0.3) is 0 Å². The number of aliphatic hydroxyl groups is 1. The molecule has 0 bridgehead atoms. The number of carboxylic acids is 1. The van der Waals surface area contributed by atoms with E-state index in [1.807, 2.05) is 0 Å². The molecule has 0 aromatic heterocycles. The quantitative estimate of drug-likeness (QED) is 0.761.